The first-order chi connectivity index (χ1) is 12.6. The first-order valence-electron chi connectivity index (χ1n) is 9.18. The molecule has 0 unspecified atom stereocenters. The number of nitrogens with zero attached hydrogens (tertiary/aromatic N) is 1. The third-order valence-corrected chi connectivity index (χ3v) is 6.36. The molecule has 1 aliphatic carbocycles. The Hall–Kier alpha value is -2.05. The minimum atomic E-state index is -0.554. The highest BCUT2D eigenvalue weighted by Crippen LogP contribution is 2.57. The lowest BCUT2D eigenvalue weighted by atomic mass is 9.68. The third kappa shape index (κ3) is 1.97. The maximum atomic E-state index is 12.8. The summed E-state index contributed by atoms with van der Waals surface area (Å²) in [5, 5.41) is 0. The zero-order valence-corrected chi connectivity index (χ0v) is 15.2. The van der Waals surface area contributed by atoms with Gasteiger partial charge in [-0.2, -0.15) is 0 Å². The molecule has 0 aromatic heterocycles. The highest BCUT2D eigenvalue weighted by Gasteiger charge is 2.58. The molecule has 1 saturated heterocycles. The van der Waals surface area contributed by atoms with E-state index in [-0.39, 0.29) is 5.91 Å². The standard InChI is InChI=1S/C20H23NO5/c1-23-16-9-13-3-6-21-18(22)10-14-12-19(25-7-8-26-19)4-5-20(14,21)15(13)11-17(16)24-2/h9-11H,3-8,12H2,1-2H3/t20-/m0/s1. The van der Waals surface area contributed by atoms with Gasteiger partial charge in [-0.25, -0.2) is 0 Å². The lowest BCUT2D eigenvalue weighted by Crippen LogP contribution is -2.54. The molecular formula is C20H23NO5. The fourth-order valence-electron chi connectivity index (χ4n) is 5.19. The molecule has 2 fully saturated rings. The van der Waals surface area contributed by atoms with Crippen LogP contribution in [0.2, 0.25) is 0 Å². The molecule has 4 aliphatic rings. The van der Waals surface area contributed by atoms with Crippen LogP contribution in [0.4, 0.5) is 0 Å². The summed E-state index contributed by atoms with van der Waals surface area (Å²) in [7, 11) is 3.30. The van der Waals surface area contributed by atoms with Crippen LogP contribution in [0.3, 0.4) is 0 Å². The maximum Gasteiger partial charge on any atom is 0.247 e. The molecule has 5 rings (SSSR count). The molecule has 3 aliphatic heterocycles. The normalized spacial score (nSPS) is 28.5. The van der Waals surface area contributed by atoms with Crippen molar-refractivity contribution in [3.63, 3.8) is 0 Å². The lowest BCUT2D eigenvalue weighted by Gasteiger charge is -2.51. The van der Waals surface area contributed by atoms with Crippen LogP contribution in [-0.2, 0) is 26.2 Å². The largest absolute Gasteiger partial charge is 0.493 e. The van der Waals surface area contributed by atoms with Gasteiger partial charge in [0.15, 0.2) is 17.3 Å². The smallest absolute Gasteiger partial charge is 0.247 e. The van der Waals surface area contributed by atoms with Crippen LogP contribution < -0.4 is 9.47 Å². The molecule has 1 aromatic rings. The SMILES string of the molecule is COc1cc2c(cc1OC)[C@]13CCC4(CC1=CC(=O)N3CC2)OCCO4. The zero-order chi connectivity index (χ0) is 17.9. The van der Waals surface area contributed by atoms with Crippen LogP contribution in [0.1, 0.15) is 30.4 Å². The molecule has 6 heteroatoms. The predicted molar refractivity (Wildman–Crippen MR) is 93.2 cm³/mol. The van der Waals surface area contributed by atoms with Crippen LogP contribution in [0.5, 0.6) is 11.5 Å². The van der Waals surface area contributed by atoms with E-state index in [1.807, 2.05) is 4.90 Å². The summed E-state index contributed by atoms with van der Waals surface area (Å²) in [6.07, 6.45) is 4.85. The second-order valence-corrected chi connectivity index (χ2v) is 7.42. The fraction of sp³-hybridized carbons (Fsp3) is 0.550. The molecule has 0 N–H and O–H groups in total. The van der Waals surface area contributed by atoms with Crippen LogP contribution >= 0.6 is 0 Å². The van der Waals surface area contributed by atoms with Gasteiger partial charge in [-0.1, -0.05) is 0 Å². The van der Waals surface area contributed by atoms with Gasteiger partial charge < -0.3 is 23.8 Å². The molecule has 6 nitrogen and oxygen atoms in total. The number of fused-ring (bicyclic) bond motifs is 1. The summed E-state index contributed by atoms with van der Waals surface area (Å²) in [5.41, 5.74) is 3.09. The number of carbonyl (C=O) groups excluding carboxylic acids is 1. The van der Waals surface area contributed by atoms with E-state index in [0.29, 0.717) is 25.4 Å². The van der Waals surface area contributed by atoms with Gasteiger partial charge in [-0.15, -0.1) is 0 Å². The van der Waals surface area contributed by atoms with Gasteiger partial charge in [0.2, 0.25) is 5.91 Å². The molecule has 1 saturated carbocycles. The highest BCUT2D eigenvalue weighted by atomic mass is 16.7. The van der Waals surface area contributed by atoms with Crippen molar-refractivity contribution in [1.29, 1.82) is 0 Å². The zero-order valence-electron chi connectivity index (χ0n) is 15.2. The number of hydrogen-bond donors (Lipinski definition) is 0. The average Bonchev–Trinajstić information content (AvgIpc) is 3.23. The molecule has 2 spiro atoms. The summed E-state index contributed by atoms with van der Waals surface area (Å²) in [6.45, 7) is 1.97. The number of benzene rings is 1. The van der Waals surface area contributed by atoms with E-state index in [9.17, 15) is 4.79 Å². The van der Waals surface area contributed by atoms with Gasteiger partial charge in [-0.05, 0) is 41.7 Å². The monoisotopic (exact) mass is 357 g/mol. The molecule has 26 heavy (non-hydrogen) atoms. The number of carbonyl (C=O) groups is 1. The summed E-state index contributed by atoms with van der Waals surface area (Å²) in [5.74, 6) is 0.979. The van der Waals surface area contributed by atoms with Crippen molar-refractivity contribution in [3.8, 4) is 11.5 Å². The number of hydrogen-bond acceptors (Lipinski definition) is 5. The van der Waals surface area contributed by atoms with Gasteiger partial charge >= 0.3 is 0 Å². The van der Waals surface area contributed by atoms with Crippen molar-refractivity contribution in [3.05, 3.63) is 34.9 Å². The van der Waals surface area contributed by atoms with Gasteiger partial charge in [0, 0.05) is 25.5 Å². The Balaban J connectivity index is 1.65. The molecule has 138 valence electrons. The van der Waals surface area contributed by atoms with Gasteiger partial charge in [-0.3, -0.25) is 4.79 Å². The highest BCUT2D eigenvalue weighted by molar-refractivity contribution is 5.94. The van der Waals surface area contributed by atoms with E-state index in [1.54, 1.807) is 20.3 Å². The Kier molecular flexibility index (Phi) is 3.40. The van der Waals surface area contributed by atoms with E-state index < -0.39 is 11.3 Å². The first-order valence-corrected chi connectivity index (χ1v) is 9.18. The summed E-state index contributed by atoms with van der Waals surface area (Å²) in [6, 6.07) is 4.12. The average molecular weight is 357 g/mol. The Morgan fingerprint density at radius 3 is 2.54 bits per heavy atom. The van der Waals surface area contributed by atoms with Crippen molar-refractivity contribution < 1.29 is 23.7 Å². The lowest BCUT2D eigenvalue weighted by molar-refractivity contribution is -0.179. The van der Waals surface area contributed by atoms with Gasteiger partial charge in [0.05, 0.1) is 33.0 Å². The third-order valence-electron chi connectivity index (χ3n) is 6.36. The van der Waals surface area contributed by atoms with E-state index in [1.165, 1.54) is 5.56 Å². The van der Waals surface area contributed by atoms with Crippen molar-refractivity contribution in [2.24, 2.45) is 0 Å². The molecule has 1 aromatic carbocycles. The Morgan fingerprint density at radius 2 is 1.81 bits per heavy atom. The molecular weight excluding hydrogens is 334 g/mol. The van der Waals surface area contributed by atoms with Crippen LogP contribution in [0.15, 0.2) is 23.8 Å². The Bertz CT molecular complexity index is 811. The topological polar surface area (TPSA) is 57.2 Å². The van der Waals surface area contributed by atoms with Crippen molar-refractivity contribution in [2.45, 2.75) is 37.0 Å². The molecule has 0 radical (unpaired) electrons. The van der Waals surface area contributed by atoms with Crippen LogP contribution in [0.25, 0.3) is 0 Å². The number of amides is 1. The predicted octanol–water partition coefficient (Wildman–Crippen LogP) is 2.15. The molecule has 0 bridgehead atoms. The van der Waals surface area contributed by atoms with Crippen LogP contribution in [0, 0.1) is 0 Å². The maximum absolute atomic E-state index is 12.8. The summed E-state index contributed by atoms with van der Waals surface area (Å²) >= 11 is 0. The van der Waals surface area contributed by atoms with E-state index in [2.05, 4.69) is 12.1 Å². The number of ether oxygens (including phenoxy) is 4. The van der Waals surface area contributed by atoms with E-state index >= 15 is 0 Å². The molecule has 1 amide bonds. The quantitative estimate of drug-likeness (QED) is 0.812. The fourth-order valence-corrected chi connectivity index (χ4v) is 5.19. The van der Waals surface area contributed by atoms with Crippen molar-refractivity contribution in [2.75, 3.05) is 34.0 Å². The second-order valence-electron chi connectivity index (χ2n) is 7.42. The van der Waals surface area contributed by atoms with E-state index in [0.717, 1.165) is 42.7 Å². The number of methoxy groups -OCH3 is 2. The molecule has 1 atom stereocenters. The Morgan fingerprint density at radius 1 is 1.08 bits per heavy atom. The minimum Gasteiger partial charge on any atom is -0.493 e. The van der Waals surface area contributed by atoms with Gasteiger partial charge in [0.1, 0.15) is 0 Å². The summed E-state index contributed by atoms with van der Waals surface area (Å²) < 4.78 is 22.9. The summed E-state index contributed by atoms with van der Waals surface area (Å²) in [4.78, 5) is 14.8. The van der Waals surface area contributed by atoms with E-state index in [4.69, 9.17) is 18.9 Å². The van der Waals surface area contributed by atoms with Crippen molar-refractivity contribution >= 4 is 5.91 Å². The van der Waals surface area contributed by atoms with Gasteiger partial charge in [0.25, 0.3) is 0 Å². The minimum absolute atomic E-state index is 0.0930. The number of rotatable bonds is 2. The first kappa shape index (κ1) is 16.1. The van der Waals surface area contributed by atoms with Crippen molar-refractivity contribution in [1.82, 2.24) is 4.90 Å². The molecule has 3 heterocycles. The Labute approximate surface area is 152 Å². The van der Waals surface area contributed by atoms with Crippen LogP contribution in [-0.4, -0.2) is 50.6 Å². The second kappa shape index (κ2) is 5.47.